The fraction of sp³-hybridized carbons (Fsp3) is 0.222. The van der Waals surface area contributed by atoms with Crippen molar-refractivity contribution in [3.8, 4) is 0 Å². The van der Waals surface area contributed by atoms with Gasteiger partial charge in [-0.1, -0.05) is 42.5 Å². The number of halogens is 3. The molecule has 0 aromatic heterocycles. The summed E-state index contributed by atoms with van der Waals surface area (Å²) in [4.78, 5) is 22.9. The van der Waals surface area contributed by atoms with Gasteiger partial charge in [0.15, 0.2) is 0 Å². The van der Waals surface area contributed by atoms with Gasteiger partial charge in [0.1, 0.15) is 0 Å². The number of nitrogens with one attached hydrogen (secondary N) is 2. The highest BCUT2D eigenvalue weighted by atomic mass is 32.2. The molecule has 11 heteroatoms. The molecule has 0 aliphatic rings. The normalized spacial score (nSPS) is 12.8. The third-order valence-electron chi connectivity index (χ3n) is 3.72. The van der Waals surface area contributed by atoms with Gasteiger partial charge in [-0.3, -0.25) is 14.3 Å². The summed E-state index contributed by atoms with van der Waals surface area (Å²) in [7, 11) is -4.08. The van der Waals surface area contributed by atoms with E-state index in [1.165, 1.54) is 12.1 Å². The number of carbonyl (C=O) groups excluding carboxylic acids is 2. The van der Waals surface area contributed by atoms with Gasteiger partial charge in [0.05, 0.1) is 11.8 Å². The molecular weight excluding hydrogens is 411 g/mol. The molecule has 1 atom stereocenters. The molecule has 0 aliphatic heterocycles. The molecule has 2 aromatic rings. The van der Waals surface area contributed by atoms with Crippen LogP contribution in [0.25, 0.3) is 0 Å². The fourth-order valence-electron chi connectivity index (χ4n) is 2.33. The molecule has 0 saturated heterocycles. The topological polar surface area (TPSA) is 118 Å². The highest BCUT2D eigenvalue weighted by Gasteiger charge is 2.38. The van der Waals surface area contributed by atoms with E-state index in [0.29, 0.717) is 0 Å². The third kappa shape index (κ3) is 7.20. The number of sulfonamides is 1. The van der Waals surface area contributed by atoms with Crippen molar-refractivity contribution in [2.75, 3.05) is 5.32 Å². The molecule has 0 radical (unpaired) electrons. The molecule has 2 amide bonds. The number of alkyl halides is 3. The van der Waals surface area contributed by atoms with Crippen LogP contribution >= 0.6 is 0 Å². The minimum absolute atomic E-state index is 0.149. The summed E-state index contributed by atoms with van der Waals surface area (Å²) >= 11 is 0. The van der Waals surface area contributed by atoms with Crippen molar-refractivity contribution >= 4 is 27.5 Å². The van der Waals surface area contributed by atoms with E-state index in [1.54, 1.807) is 35.6 Å². The summed E-state index contributed by atoms with van der Waals surface area (Å²) < 4.78 is 62.8. The minimum atomic E-state index is -5.04. The molecule has 0 heterocycles. The molecule has 4 N–H and O–H groups in total. The lowest BCUT2D eigenvalue weighted by atomic mass is 10.1. The van der Waals surface area contributed by atoms with Crippen molar-refractivity contribution in [1.82, 2.24) is 4.72 Å². The van der Waals surface area contributed by atoms with Crippen molar-refractivity contribution < 1.29 is 31.2 Å². The SMILES string of the molecule is NC(Cc1ccccc1)C(=O)NS(=O)(=O)Cc1ccc(NC(=O)C(F)(F)F)cc1. The molecule has 7 nitrogen and oxygen atoms in total. The van der Waals surface area contributed by atoms with Crippen molar-refractivity contribution in [1.29, 1.82) is 0 Å². The number of amides is 2. The van der Waals surface area contributed by atoms with Crippen LogP contribution in [-0.2, 0) is 31.8 Å². The molecule has 0 bridgehead atoms. The van der Waals surface area contributed by atoms with E-state index in [2.05, 4.69) is 0 Å². The first-order valence-electron chi connectivity index (χ1n) is 8.27. The van der Waals surface area contributed by atoms with Crippen LogP contribution in [-0.4, -0.2) is 32.5 Å². The summed E-state index contributed by atoms with van der Waals surface area (Å²) in [6, 6.07) is 12.4. The zero-order valence-corrected chi connectivity index (χ0v) is 15.8. The van der Waals surface area contributed by atoms with Gasteiger partial charge < -0.3 is 11.1 Å². The zero-order chi connectivity index (χ0) is 21.7. The number of benzene rings is 2. The van der Waals surface area contributed by atoms with Crippen LogP contribution < -0.4 is 15.8 Å². The Labute approximate surface area is 165 Å². The smallest absolute Gasteiger partial charge is 0.320 e. The van der Waals surface area contributed by atoms with Crippen LogP contribution in [0.5, 0.6) is 0 Å². The maximum absolute atomic E-state index is 12.2. The lowest BCUT2D eigenvalue weighted by molar-refractivity contribution is -0.167. The Hall–Kier alpha value is -2.92. The quantitative estimate of drug-likeness (QED) is 0.619. The number of hydrogen-bond acceptors (Lipinski definition) is 5. The number of nitrogens with two attached hydrogens (primary N) is 1. The predicted molar refractivity (Wildman–Crippen MR) is 100 cm³/mol. The van der Waals surface area contributed by atoms with E-state index in [1.807, 2.05) is 4.72 Å². The van der Waals surface area contributed by atoms with Crippen LogP contribution in [0.3, 0.4) is 0 Å². The van der Waals surface area contributed by atoms with Crippen molar-refractivity contribution in [2.45, 2.75) is 24.4 Å². The van der Waals surface area contributed by atoms with Gasteiger partial charge in [-0.05, 0) is 29.7 Å². The van der Waals surface area contributed by atoms with Gasteiger partial charge in [-0.2, -0.15) is 13.2 Å². The summed E-state index contributed by atoms with van der Waals surface area (Å²) in [5, 5.41) is 1.64. The highest BCUT2D eigenvalue weighted by molar-refractivity contribution is 7.89. The van der Waals surface area contributed by atoms with Crippen molar-refractivity contribution in [2.24, 2.45) is 5.73 Å². The molecule has 29 heavy (non-hydrogen) atoms. The highest BCUT2D eigenvalue weighted by Crippen LogP contribution is 2.19. The Morgan fingerprint density at radius 2 is 1.55 bits per heavy atom. The summed E-state index contributed by atoms with van der Waals surface area (Å²) in [6.45, 7) is 0. The van der Waals surface area contributed by atoms with Crippen LogP contribution in [0, 0.1) is 0 Å². The van der Waals surface area contributed by atoms with Crippen molar-refractivity contribution in [3.05, 3.63) is 65.7 Å². The van der Waals surface area contributed by atoms with Crippen LogP contribution in [0.15, 0.2) is 54.6 Å². The first kappa shape index (κ1) is 22.4. The average Bonchev–Trinajstić information content (AvgIpc) is 2.62. The maximum Gasteiger partial charge on any atom is 0.471 e. The van der Waals surface area contributed by atoms with Crippen LogP contribution in [0.4, 0.5) is 18.9 Å². The summed E-state index contributed by atoms with van der Waals surface area (Å²) in [5.74, 6) is -3.61. The van der Waals surface area contributed by atoms with E-state index >= 15 is 0 Å². The van der Waals surface area contributed by atoms with Crippen molar-refractivity contribution in [3.63, 3.8) is 0 Å². The minimum Gasteiger partial charge on any atom is -0.320 e. The fourth-order valence-corrected chi connectivity index (χ4v) is 3.49. The van der Waals surface area contributed by atoms with E-state index in [4.69, 9.17) is 5.73 Å². The third-order valence-corrected chi connectivity index (χ3v) is 4.94. The first-order valence-corrected chi connectivity index (χ1v) is 9.92. The van der Waals surface area contributed by atoms with E-state index in [0.717, 1.165) is 17.7 Å². The monoisotopic (exact) mass is 429 g/mol. The van der Waals surface area contributed by atoms with Gasteiger partial charge in [-0.15, -0.1) is 0 Å². The lowest BCUT2D eigenvalue weighted by Crippen LogP contribution is -2.44. The molecule has 156 valence electrons. The lowest BCUT2D eigenvalue weighted by Gasteiger charge is -2.13. The largest absolute Gasteiger partial charge is 0.471 e. The summed E-state index contributed by atoms with van der Waals surface area (Å²) in [6.07, 6.45) is -4.89. The molecule has 0 spiro atoms. The number of anilines is 1. The van der Waals surface area contributed by atoms with Gasteiger partial charge >= 0.3 is 12.1 Å². The summed E-state index contributed by atoms with van der Waals surface area (Å²) in [5.41, 5.74) is 6.56. The molecule has 0 fully saturated rings. The van der Waals surface area contributed by atoms with Crippen LogP contribution in [0.1, 0.15) is 11.1 Å². The second-order valence-corrected chi connectivity index (χ2v) is 7.89. The molecule has 0 aliphatic carbocycles. The molecule has 2 rings (SSSR count). The molecule has 2 aromatic carbocycles. The standard InChI is InChI=1S/C18H18F3N3O4S/c19-18(20,21)17(26)23-14-8-6-13(7-9-14)11-29(27,28)24-16(25)15(22)10-12-4-2-1-3-5-12/h1-9,15H,10-11,22H2,(H,23,26)(H,24,25). The Morgan fingerprint density at radius 3 is 2.10 bits per heavy atom. The first-order chi connectivity index (χ1) is 13.5. The average molecular weight is 429 g/mol. The van der Waals surface area contributed by atoms with Crippen LogP contribution in [0.2, 0.25) is 0 Å². The second-order valence-electron chi connectivity index (χ2n) is 6.17. The second kappa shape index (κ2) is 9.05. The number of hydrogen-bond donors (Lipinski definition) is 3. The number of rotatable bonds is 7. The van der Waals surface area contributed by atoms with Gasteiger partial charge in [0.25, 0.3) is 5.91 Å². The van der Waals surface area contributed by atoms with E-state index < -0.39 is 39.8 Å². The van der Waals surface area contributed by atoms with Gasteiger partial charge in [0, 0.05) is 5.69 Å². The molecule has 1 unspecified atom stereocenters. The Balaban J connectivity index is 1.94. The van der Waals surface area contributed by atoms with Gasteiger partial charge in [0.2, 0.25) is 10.0 Å². The Morgan fingerprint density at radius 1 is 0.966 bits per heavy atom. The number of carbonyl (C=O) groups is 2. The zero-order valence-electron chi connectivity index (χ0n) is 14.9. The Bertz CT molecular complexity index is 962. The van der Waals surface area contributed by atoms with E-state index in [-0.39, 0.29) is 17.7 Å². The van der Waals surface area contributed by atoms with E-state index in [9.17, 15) is 31.2 Å². The maximum atomic E-state index is 12.2. The predicted octanol–water partition coefficient (Wildman–Crippen LogP) is 1.70. The molecule has 0 saturated carbocycles. The molecular formula is C18H18F3N3O4S. The van der Waals surface area contributed by atoms with Gasteiger partial charge in [-0.25, -0.2) is 8.42 Å². The Kier molecular flexibility index (Phi) is 6.98.